The zero-order valence-electron chi connectivity index (χ0n) is 15.1. The van der Waals surface area contributed by atoms with Crippen molar-refractivity contribution >= 4 is 28.8 Å². The van der Waals surface area contributed by atoms with E-state index in [0.717, 1.165) is 52.6 Å². The molecule has 0 unspecified atom stereocenters. The van der Waals surface area contributed by atoms with Gasteiger partial charge in [0.05, 0.1) is 45.6 Å². The van der Waals surface area contributed by atoms with Crippen LogP contribution < -0.4 is 0 Å². The molecule has 0 aromatic carbocycles. The average molecular weight is 368 g/mol. The summed E-state index contributed by atoms with van der Waals surface area (Å²) in [5.41, 5.74) is 7.15. The summed E-state index contributed by atoms with van der Waals surface area (Å²) in [6.45, 7) is 1.08. The van der Waals surface area contributed by atoms with Crippen LogP contribution in [0.4, 0.5) is 0 Å². The molecular formula is C22H16N4O2. The number of carboxylic acids is 1. The summed E-state index contributed by atoms with van der Waals surface area (Å²) in [5, 5.41) is 7.42. The molecule has 136 valence electrons. The number of hydrogen-bond acceptors (Lipinski definition) is 5. The van der Waals surface area contributed by atoms with Gasteiger partial charge in [0.2, 0.25) is 0 Å². The molecule has 0 radical (unpaired) electrons. The Kier molecular flexibility index (Phi) is 4.60. The highest BCUT2D eigenvalue weighted by molar-refractivity contribution is 6.14. The third-order valence-corrected chi connectivity index (χ3v) is 3.92. The minimum atomic E-state index is -0.833. The summed E-state index contributed by atoms with van der Waals surface area (Å²) < 4.78 is 0. The van der Waals surface area contributed by atoms with Crippen LogP contribution in [-0.4, -0.2) is 33.9 Å². The maximum absolute atomic E-state index is 9.00. The van der Waals surface area contributed by atoms with Gasteiger partial charge in [0.1, 0.15) is 0 Å². The Morgan fingerprint density at radius 3 is 1.00 bits per heavy atom. The Labute approximate surface area is 161 Å². The van der Waals surface area contributed by atoms with Gasteiger partial charge in [-0.1, -0.05) is 0 Å². The zero-order valence-corrected chi connectivity index (χ0v) is 15.1. The molecule has 0 atom stereocenters. The summed E-state index contributed by atoms with van der Waals surface area (Å²) in [6.07, 6.45) is 23.8. The number of aliphatic imine (C=N–C) groups is 4. The number of carbonyl (C=O) groups is 1. The van der Waals surface area contributed by atoms with Crippen LogP contribution in [-0.2, 0) is 4.79 Å². The van der Waals surface area contributed by atoms with Gasteiger partial charge < -0.3 is 5.11 Å². The summed E-state index contributed by atoms with van der Waals surface area (Å²) in [5.74, 6) is -0.833. The van der Waals surface area contributed by atoms with E-state index in [-0.39, 0.29) is 0 Å². The number of allylic oxidation sites excluding steroid dienone is 12. The molecule has 0 fully saturated rings. The molecule has 6 heteroatoms. The molecule has 0 aliphatic carbocycles. The van der Waals surface area contributed by atoms with Gasteiger partial charge in [-0.2, -0.15) is 0 Å². The number of rotatable bonds is 0. The summed E-state index contributed by atoms with van der Waals surface area (Å²) >= 11 is 0. The monoisotopic (exact) mass is 368 g/mol. The molecule has 8 bridgehead atoms. The van der Waals surface area contributed by atoms with Gasteiger partial charge in [0.25, 0.3) is 5.97 Å². The largest absolute Gasteiger partial charge is 0.481 e. The molecular weight excluding hydrogens is 352 g/mol. The van der Waals surface area contributed by atoms with Crippen LogP contribution in [0.25, 0.3) is 0 Å². The lowest BCUT2D eigenvalue weighted by Crippen LogP contribution is -1.89. The molecule has 0 amide bonds. The van der Waals surface area contributed by atoms with Crippen molar-refractivity contribution in [1.29, 1.82) is 0 Å². The topological polar surface area (TPSA) is 86.7 Å². The van der Waals surface area contributed by atoms with E-state index in [9.17, 15) is 0 Å². The second-order valence-corrected chi connectivity index (χ2v) is 6.28. The van der Waals surface area contributed by atoms with Crippen LogP contribution in [0, 0.1) is 0 Å². The Bertz CT molecular complexity index is 939. The van der Waals surface area contributed by atoms with Crippen molar-refractivity contribution in [3.05, 3.63) is 95.7 Å². The first kappa shape index (κ1) is 17.5. The molecule has 5 aliphatic heterocycles. The highest BCUT2D eigenvalue weighted by Gasteiger charge is 2.11. The van der Waals surface area contributed by atoms with Gasteiger partial charge in [0, 0.05) is 6.92 Å². The molecule has 5 rings (SSSR count). The molecule has 0 aromatic rings. The molecule has 5 aliphatic rings. The number of fused-ring (bicyclic) bond motifs is 4. The van der Waals surface area contributed by atoms with Crippen molar-refractivity contribution in [2.45, 2.75) is 6.92 Å². The van der Waals surface area contributed by atoms with Gasteiger partial charge in [-0.25, -0.2) is 20.0 Å². The highest BCUT2D eigenvalue weighted by Crippen LogP contribution is 2.20. The normalized spacial score (nSPS) is 20.3. The number of carboxylic acid groups (broad SMARTS) is 1. The Hall–Kier alpha value is -3.93. The molecule has 5 heterocycles. The lowest BCUT2D eigenvalue weighted by molar-refractivity contribution is -0.134. The van der Waals surface area contributed by atoms with Crippen molar-refractivity contribution in [3.8, 4) is 0 Å². The lowest BCUT2D eigenvalue weighted by atomic mass is 10.2. The van der Waals surface area contributed by atoms with E-state index in [4.69, 9.17) is 9.90 Å². The van der Waals surface area contributed by atoms with E-state index in [1.807, 2.05) is 72.9 Å². The quantitative estimate of drug-likeness (QED) is 0.707. The van der Waals surface area contributed by atoms with Gasteiger partial charge in [-0.3, -0.25) is 4.79 Å². The Morgan fingerprint density at radius 2 is 0.786 bits per heavy atom. The fraction of sp³-hybridized carbons (Fsp3) is 0.0455. The zero-order chi connectivity index (χ0) is 19.5. The van der Waals surface area contributed by atoms with Gasteiger partial charge in [-0.05, 0) is 72.9 Å². The maximum atomic E-state index is 9.00. The van der Waals surface area contributed by atoms with E-state index < -0.39 is 5.97 Å². The number of nitrogens with zero attached hydrogens (tertiary/aromatic N) is 4. The van der Waals surface area contributed by atoms with Crippen LogP contribution >= 0.6 is 0 Å². The predicted molar refractivity (Wildman–Crippen MR) is 112 cm³/mol. The first-order valence-electron chi connectivity index (χ1n) is 8.67. The minimum absolute atomic E-state index is 0.833. The first-order chi connectivity index (χ1) is 13.5. The summed E-state index contributed by atoms with van der Waals surface area (Å²) in [7, 11) is 0. The third-order valence-electron chi connectivity index (χ3n) is 3.92. The second kappa shape index (κ2) is 7.36. The van der Waals surface area contributed by atoms with Gasteiger partial charge in [-0.15, -0.1) is 0 Å². The molecule has 6 nitrogen and oxygen atoms in total. The second-order valence-electron chi connectivity index (χ2n) is 6.28. The standard InChI is InChI=1S/C20H12N4.C2H4O2/c1-2-14-10-16-5-6-18(23-16)12-20-8-7-19(24-20)11-17-4-3-15(22-17)9-13(1)21-14;1-2(3)4/h1-12H;1H3,(H,3,4). The fourth-order valence-electron chi connectivity index (χ4n) is 2.83. The maximum Gasteiger partial charge on any atom is 0.300 e. The summed E-state index contributed by atoms with van der Waals surface area (Å²) in [6, 6.07) is 0. The smallest absolute Gasteiger partial charge is 0.300 e. The van der Waals surface area contributed by atoms with Crippen molar-refractivity contribution in [1.82, 2.24) is 0 Å². The van der Waals surface area contributed by atoms with Crippen LogP contribution in [0.3, 0.4) is 0 Å². The van der Waals surface area contributed by atoms with Crippen LogP contribution in [0.1, 0.15) is 6.92 Å². The molecule has 28 heavy (non-hydrogen) atoms. The molecule has 1 N–H and O–H groups in total. The first-order valence-corrected chi connectivity index (χ1v) is 8.67. The van der Waals surface area contributed by atoms with E-state index in [1.165, 1.54) is 0 Å². The summed E-state index contributed by atoms with van der Waals surface area (Å²) in [4.78, 5) is 27.4. The molecule has 0 aromatic heterocycles. The van der Waals surface area contributed by atoms with Crippen LogP contribution in [0.5, 0.6) is 0 Å². The van der Waals surface area contributed by atoms with E-state index in [0.29, 0.717) is 0 Å². The molecule has 0 spiro atoms. The SMILES string of the molecule is C1=CC2=NC1=CC1=NC(=CC3=NC(=CC4=NC(=C2)C=C4)C=C3)C=C1.CC(=O)O. The fourth-order valence-corrected chi connectivity index (χ4v) is 2.83. The van der Waals surface area contributed by atoms with Crippen molar-refractivity contribution in [2.75, 3.05) is 0 Å². The van der Waals surface area contributed by atoms with Gasteiger partial charge in [0.15, 0.2) is 0 Å². The Balaban J connectivity index is 0.000000442. The van der Waals surface area contributed by atoms with E-state index in [1.54, 1.807) is 0 Å². The molecule has 0 saturated heterocycles. The van der Waals surface area contributed by atoms with Crippen molar-refractivity contribution < 1.29 is 9.90 Å². The average Bonchev–Trinajstić information content (AvgIpc) is 3.39. The van der Waals surface area contributed by atoms with Crippen molar-refractivity contribution in [3.63, 3.8) is 0 Å². The van der Waals surface area contributed by atoms with Crippen molar-refractivity contribution in [2.24, 2.45) is 20.0 Å². The minimum Gasteiger partial charge on any atom is -0.481 e. The lowest BCUT2D eigenvalue weighted by Gasteiger charge is -1.94. The number of aliphatic carboxylic acids is 1. The Morgan fingerprint density at radius 1 is 0.571 bits per heavy atom. The predicted octanol–water partition coefficient (Wildman–Crippen LogP) is 3.67. The van der Waals surface area contributed by atoms with E-state index >= 15 is 0 Å². The molecule has 0 saturated carbocycles. The third kappa shape index (κ3) is 4.24. The van der Waals surface area contributed by atoms with Crippen LogP contribution in [0.15, 0.2) is 116 Å². The van der Waals surface area contributed by atoms with E-state index in [2.05, 4.69) is 20.0 Å². The number of hydrogen-bond donors (Lipinski definition) is 1. The highest BCUT2D eigenvalue weighted by atomic mass is 16.4. The van der Waals surface area contributed by atoms with Gasteiger partial charge >= 0.3 is 0 Å². The van der Waals surface area contributed by atoms with Crippen LogP contribution in [0.2, 0.25) is 0 Å².